The Hall–Kier alpha value is -1.42. The predicted octanol–water partition coefficient (Wildman–Crippen LogP) is 0.982. The summed E-state index contributed by atoms with van der Waals surface area (Å²) >= 11 is 0. The molecule has 0 aromatic heterocycles. The molecule has 0 radical (unpaired) electrons. The SMILES string of the molecule is C=CC(=O)C=C.CC(C)[C@H](N)C(=O)O. The Kier molecular flexibility index (Phi) is 8.82. The highest BCUT2D eigenvalue weighted by Crippen LogP contribution is 1.96. The fraction of sp³-hybridized carbons (Fsp3) is 0.400. The first-order valence-electron chi connectivity index (χ1n) is 4.14. The minimum absolute atomic E-state index is 0.0208. The lowest BCUT2D eigenvalue weighted by Gasteiger charge is -2.07. The summed E-state index contributed by atoms with van der Waals surface area (Å²) in [6, 6.07) is -0.713. The van der Waals surface area contributed by atoms with Crippen LogP contribution in [0.2, 0.25) is 0 Å². The van der Waals surface area contributed by atoms with Crippen molar-refractivity contribution in [2.75, 3.05) is 0 Å². The first-order valence-corrected chi connectivity index (χ1v) is 4.14. The Morgan fingerprint density at radius 2 is 1.64 bits per heavy atom. The maximum Gasteiger partial charge on any atom is 0.320 e. The van der Waals surface area contributed by atoms with Gasteiger partial charge in [-0.1, -0.05) is 27.0 Å². The molecule has 0 rings (SSSR count). The van der Waals surface area contributed by atoms with Crippen molar-refractivity contribution in [1.29, 1.82) is 0 Å². The van der Waals surface area contributed by atoms with Crippen LogP contribution in [-0.4, -0.2) is 22.9 Å². The van der Waals surface area contributed by atoms with Crippen molar-refractivity contribution in [3.8, 4) is 0 Å². The van der Waals surface area contributed by atoms with Gasteiger partial charge in [0.15, 0.2) is 5.78 Å². The molecule has 80 valence electrons. The first-order chi connectivity index (χ1) is 6.36. The molecule has 0 aromatic carbocycles. The van der Waals surface area contributed by atoms with Gasteiger partial charge in [-0.2, -0.15) is 0 Å². The molecule has 14 heavy (non-hydrogen) atoms. The maximum absolute atomic E-state index is 10.0. The number of hydrogen-bond acceptors (Lipinski definition) is 3. The van der Waals surface area contributed by atoms with Crippen LogP contribution in [0.25, 0.3) is 0 Å². The third-order valence-corrected chi connectivity index (χ3v) is 1.41. The van der Waals surface area contributed by atoms with E-state index in [2.05, 4.69) is 13.2 Å². The molecular formula is C10H17NO3. The van der Waals surface area contributed by atoms with Crippen LogP contribution in [0.5, 0.6) is 0 Å². The fourth-order valence-corrected chi connectivity index (χ4v) is 0.368. The van der Waals surface area contributed by atoms with Crippen molar-refractivity contribution in [1.82, 2.24) is 0 Å². The van der Waals surface area contributed by atoms with Crippen LogP contribution in [0.3, 0.4) is 0 Å². The lowest BCUT2D eigenvalue weighted by Crippen LogP contribution is -2.34. The van der Waals surface area contributed by atoms with Gasteiger partial charge in [0.2, 0.25) is 0 Å². The molecule has 4 nitrogen and oxygen atoms in total. The monoisotopic (exact) mass is 199 g/mol. The van der Waals surface area contributed by atoms with Crippen LogP contribution in [0.15, 0.2) is 25.3 Å². The van der Waals surface area contributed by atoms with E-state index in [1.165, 1.54) is 12.2 Å². The molecule has 0 bridgehead atoms. The summed E-state index contributed by atoms with van der Waals surface area (Å²) in [6.07, 6.45) is 2.43. The Morgan fingerprint density at radius 3 is 1.64 bits per heavy atom. The van der Waals surface area contributed by atoms with Crippen LogP contribution in [0.4, 0.5) is 0 Å². The van der Waals surface area contributed by atoms with Gasteiger partial charge in [-0.25, -0.2) is 0 Å². The van der Waals surface area contributed by atoms with E-state index in [9.17, 15) is 9.59 Å². The number of carbonyl (C=O) groups excluding carboxylic acids is 1. The third kappa shape index (κ3) is 8.67. The zero-order valence-electron chi connectivity index (χ0n) is 8.56. The van der Waals surface area contributed by atoms with Crippen LogP contribution in [-0.2, 0) is 9.59 Å². The number of ketones is 1. The Morgan fingerprint density at radius 1 is 1.29 bits per heavy atom. The minimum Gasteiger partial charge on any atom is -0.480 e. The predicted molar refractivity (Wildman–Crippen MR) is 55.9 cm³/mol. The molecule has 0 heterocycles. The van der Waals surface area contributed by atoms with Gasteiger partial charge < -0.3 is 10.8 Å². The minimum atomic E-state index is -0.931. The molecule has 4 heteroatoms. The molecule has 0 aliphatic rings. The zero-order valence-corrected chi connectivity index (χ0v) is 8.56. The summed E-state index contributed by atoms with van der Waals surface area (Å²) in [4.78, 5) is 20.0. The summed E-state index contributed by atoms with van der Waals surface area (Å²) in [6.45, 7) is 9.97. The van der Waals surface area contributed by atoms with E-state index in [4.69, 9.17) is 10.8 Å². The molecule has 0 spiro atoms. The second-order valence-electron chi connectivity index (χ2n) is 2.92. The number of hydrogen-bond donors (Lipinski definition) is 2. The topological polar surface area (TPSA) is 80.4 Å². The Balaban J connectivity index is 0. The van der Waals surface area contributed by atoms with Gasteiger partial charge >= 0.3 is 5.97 Å². The molecule has 0 aliphatic carbocycles. The average molecular weight is 199 g/mol. The van der Waals surface area contributed by atoms with Crippen LogP contribution in [0.1, 0.15) is 13.8 Å². The lowest BCUT2D eigenvalue weighted by atomic mass is 10.1. The molecule has 0 amide bonds. The average Bonchev–Trinajstić information content (AvgIpc) is 2.15. The fourth-order valence-electron chi connectivity index (χ4n) is 0.368. The van der Waals surface area contributed by atoms with Gasteiger partial charge in [0, 0.05) is 0 Å². The third-order valence-electron chi connectivity index (χ3n) is 1.41. The van der Waals surface area contributed by atoms with E-state index in [1.54, 1.807) is 13.8 Å². The molecule has 0 saturated carbocycles. The smallest absolute Gasteiger partial charge is 0.320 e. The number of nitrogens with two attached hydrogens (primary N) is 1. The van der Waals surface area contributed by atoms with Crippen LogP contribution < -0.4 is 5.73 Å². The van der Waals surface area contributed by atoms with Crippen molar-refractivity contribution < 1.29 is 14.7 Å². The summed E-state index contributed by atoms with van der Waals surface area (Å²) in [5, 5.41) is 8.23. The Bertz CT molecular complexity index is 211. The van der Waals surface area contributed by atoms with E-state index >= 15 is 0 Å². The van der Waals surface area contributed by atoms with Crippen LogP contribution in [0, 0.1) is 5.92 Å². The molecule has 0 saturated heterocycles. The quantitative estimate of drug-likeness (QED) is 0.661. The van der Waals surface area contributed by atoms with Crippen molar-refractivity contribution in [3.63, 3.8) is 0 Å². The van der Waals surface area contributed by atoms with Gasteiger partial charge in [0.05, 0.1) is 0 Å². The molecule has 3 N–H and O–H groups in total. The normalized spacial score (nSPS) is 10.9. The molecule has 0 aliphatic heterocycles. The van der Waals surface area contributed by atoms with Crippen molar-refractivity contribution in [3.05, 3.63) is 25.3 Å². The van der Waals surface area contributed by atoms with Crippen molar-refractivity contribution in [2.45, 2.75) is 19.9 Å². The highest BCUT2D eigenvalue weighted by atomic mass is 16.4. The summed E-state index contributed by atoms with van der Waals surface area (Å²) in [7, 11) is 0. The summed E-state index contributed by atoms with van der Waals surface area (Å²) < 4.78 is 0. The van der Waals surface area contributed by atoms with E-state index < -0.39 is 12.0 Å². The highest BCUT2D eigenvalue weighted by Gasteiger charge is 2.14. The highest BCUT2D eigenvalue weighted by molar-refractivity contribution is 5.98. The van der Waals surface area contributed by atoms with Crippen molar-refractivity contribution >= 4 is 11.8 Å². The second-order valence-corrected chi connectivity index (χ2v) is 2.92. The molecule has 0 fully saturated rings. The molecular weight excluding hydrogens is 182 g/mol. The summed E-state index contributed by atoms with van der Waals surface area (Å²) in [5.41, 5.74) is 5.16. The maximum atomic E-state index is 10.0. The van der Waals surface area contributed by atoms with E-state index in [0.29, 0.717) is 0 Å². The number of carboxylic acids is 1. The van der Waals surface area contributed by atoms with E-state index in [-0.39, 0.29) is 11.7 Å². The number of carbonyl (C=O) groups is 2. The van der Waals surface area contributed by atoms with Crippen molar-refractivity contribution in [2.24, 2.45) is 11.7 Å². The standard InChI is InChI=1S/C5H11NO2.C5H6O/c1-3(2)4(6)5(7)8;1-3-5(6)4-2/h3-4H,6H2,1-2H3,(H,7,8);3-4H,1-2H2/t4-;/m0./s1. The van der Waals surface area contributed by atoms with E-state index in [1.807, 2.05) is 0 Å². The molecule has 0 unspecified atom stereocenters. The number of allylic oxidation sites excluding steroid dienone is 2. The second kappa shape index (κ2) is 8.19. The molecule has 1 atom stereocenters. The zero-order chi connectivity index (χ0) is 11.7. The first kappa shape index (κ1) is 15.1. The van der Waals surface area contributed by atoms with Gasteiger partial charge in [-0.05, 0) is 18.1 Å². The number of carboxylic acid groups (broad SMARTS) is 1. The van der Waals surface area contributed by atoms with Gasteiger partial charge in [-0.15, -0.1) is 0 Å². The largest absolute Gasteiger partial charge is 0.480 e. The summed E-state index contributed by atoms with van der Waals surface area (Å²) in [5.74, 6) is -1.04. The molecule has 0 aromatic rings. The van der Waals surface area contributed by atoms with Gasteiger partial charge in [0.25, 0.3) is 0 Å². The lowest BCUT2D eigenvalue weighted by molar-refractivity contribution is -0.139. The Labute approximate surface area is 84.1 Å². The van der Waals surface area contributed by atoms with Crippen LogP contribution >= 0.6 is 0 Å². The van der Waals surface area contributed by atoms with Gasteiger partial charge in [-0.3, -0.25) is 9.59 Å². The number of rotatable bonds is 4. The number of aliphatic carboxylic acids is 1. The van der Waals surface area contributed by atoms with E-state index in [0.717, 1.165) is 0 Å². The van der Waals surface area contributed by atoms with Gasteiger partial charge in [0.1, 0.15) is 6.04 Å².